The SMILES string of the molecule is CCC(CSC)N(C)C(=O)c1ccc2nc(N)sc2c1. The Hall–Kier alpha value is -1.27. The first-order valence-corrected chi connectivity index (χ1v) is 8.70. The molecule has 0 saturated heterocycles. The molecule has 0 saturated carbocycles. The van der Waals surface area contributed by atoms with Crippen molar-refractivity contribution in [3.63, 3.8) is 0 Å². The van der Waals surface area contributed by atoms with Crippen molar-refractivity contribution in [2.75, 3.05) is 24.8 Å². The van der Waals surface area contributed by atoms with E-state index < -0.39 is 0 Å². The normalized spacial score (nSPS) is 12.6. The molecule has 6 heteroatoms. The van der Waals surface area contributed by atoms with E-state index in [1.165, 1.54) is 11.3 Å². The van der Waals surface area contributed by atoms with Gasteiger partial charge in [0, 0.05) is 24.4 Å². The van der Waals surface area contributed by atoms with Crippen LogP contribution in [0.25, 0.3) is 10.2 Å². The largest absolute Gasteiger partial charge is 0.375 e. The topological polar surface area (TPSA) is 59.2 Å². The van der Waals surface area contributed by atoms with Gasteiger partial charge in [0.1, 0.15) is 0 Å². The van der Waals surface area contributed by atoms with Crippen LogP contribution in [-0.2, 0) is 0 Å². The summed E-state index contributed by atoms with van der Waals surface area (Å²) in [6.45, 7) is 2.11. The number of carbonyl (C=O) groups is 1. The highest BCUT2D eigenvalue weighted by Crippen LogP contribution is 2.25. The molecular formula is C14H19N3OS2. The van der Waals surface area contributed by atoms with Crippen molar-refractivity contribution in [2.24, 2.45) is 0 Å². The first kappa shape index (κ1) is 15.1. The number of amides is 1. The molecule has 0 radical (unpaired) electrons. The molecule has 108 valence electrons. The third-order valence-corrected chi connectivity index (χ3v) is 4.92. The van der Waals surface area contributed by atoms with Crippen molar-refractivity contribution in [3.05, 3.63) is 23.8 Å². The number of thiazole rings is 1. The number of nitrogen functional groups attached to an aromatic ring is 1. The Balaban J connectivity index is 2.25. The molecule has 0 fully saturated rings. The molecule has 20 heavy (non-hydrogen) atoms. The third kappa shape index (κ3) is 3.07. The minimum atomic E-state index is 0.0553. The lowest BCUT2D eigenvalue weighted by Gasteiger charge is -2.26. The molecule has 0 aliphatic carbocycles. The highest BCUT2D eigenvalue weighted by Gasteiger charge is 2.19. The summed E-state index contributed by atoms with van der Waals surface area (Å²) in [6.07, 6.45) is 3.02. The fraction of sp³-hybridized carbons (Fsp3) is 0.429. The van der Waals surface area contributed by atoms with Crippen molar-refractivity contribution in [2.45, 2.75) is 19.4 Å². The van der Waals surface area contributed by atoms with Crippen LogP contribution in [0.4, 0.5) is 5.13 Å². The molecule has 1 heterocycles. The van der Waals surface area contributed by atoms with Crippen LogP contribution in [0, 0.1) is 0 Å². The van der Waals surface area contributed by atoms with E-state index in [-0.39, 0.29) is 11.9 Å². The summed E-state index contributed by atoms with van der Waals surface area (Å²) < 4.78 is 0.958. The van der Waals surface area contributed by atoms with Crippen LogP contribution in [0.3, 0.4) is 0 Å². The molecule has 0 aliphatic heterocycles. The van der Waals surface area contributed by atoms with Gasteiger partial charge in [-0.25, -0.2) is 4.98 Å². The quantitative estimate of drug-likeness (QED) is 0.922. The molecular weight excluding hydrogens is 290 g/mol. The van der Waals surface area contributed by atoms with Gasteiger partial charge < -0.3 is 10.6 Å². The van der Waals surface area contributed by atoms with E-state index in [4.69, 9.17) is 5.73 Å². The lowest BCUT2D eigenvalue weighted by molar-refractivity contribution is 0.0744. The summed E-state index contributed by atoms with van der Waals surface area (Å²) in [5, 5.41) is 0.534. The van der Waals surface area contributed by atoms with E-state index >= 15 is 0 Å². The zero-order valence-electron chi connectivity index (χ0n) is 11.9. The lowest BCUT2D eigenvalue weighted by Crippen LogP contribution is -2.38. The summed E-state index contributed by atoms with van der Waals surface area (Å²) in [4.78, 5) is 18.6. The number of benzene rings is 1. The van der Waals surface area contributed by atoms with Gasteiger partial charge in [-0.1, -0.05) is 18.3 Å². The van der Waals surface area contributed by atoms with Crippen LogP contribution in [0.1, 0.15) is 23.7 Å². The molecule has 1 unspecified atom stereocenters. The van der Waals surface area contributed by atoms with Crippen LogP contribution >= 0.6 is 23.1 Å². The van der Waals surface area contributed by atoms with Crippen molar-refractivity contribution >= 4 is 44.4 Å². The smallest absolute Gasteiger partial charge is 0.253 e. The minimum absolute atomic E-state index is 0.0553. The zero-order valence-corrected chi connectivity index (χ0v) is 13.6. The van der Waals surface area contributed by atoms with E-state index in [0.29, 0.717) is 10.7 Å². The van der Waals surface area contributed by atoms with Crippen molar-refractivity contribution in [3.8, 4) is 0 Å². The fourth-order valence-corrected chi connectivity index (χ4v) is 3.76. The lowest BCUT2D eigenvalue weighted by atomic mass is 10.1. The first-order chi connectivity index (χ1) is 9.56. The van der Waals surface area contributed by atoms with Gasteiger partial charge in [0.2, 0.25) is 0 Å². The van der Waals surface area contributed by atoms with Crippen LogP contribution in [0.15, 0.2) is 18.2 Å². The van der Waals surface area contributed by atoms with E-state index in [1.54, 1.807) is 11.8 Å². The molecule has 1 atom stereocenters. The van der Waals surface area contributed by atoms with Gasteiger partial charge in [0.25, 0.3) is 5.91 Å². The second kappa shape index (κ2) is 6.45. The van der Waals surface area contributed by atoms with Crippen molar-refractivity contribution < 1.29 is 4.79 Å². The highest BCUT2D eigenvalue weighted by atomic mass is 32.2. The van der Waals surface area contributed by atoms with Gasteiger partial charge >= 0.3 is 0 Å². The average Bonchev–Trinajstić information content (AvgIpc) is 2.82. The number of nitrogens with two attached hydrogens (primary N) is 1. The molecule has 0 bridgehead atoms. The number of hydrogen-bond donors (Lipinski definition) is 1. The van der Waals surface area contributed by atoms with Gasteiger partial charge in [-0.3, -0.25) is 4.79 Å². The summed E-state index contributed by atoms with van der Waals surface area (Å²) >= 11 is 3.17. The molecule has 2 aromatic rings. The predicted molar refractivity (Wildman–Crippen MR) is 88.6 cm³/mol. The van der Waals surface area contributed by atoms with Crippen molar-refractivity contribution in [1.29, 1.82) is 0 Å². The molecule has 4 nitrogen and oxygen atoms in total. The second-order valence-electron chi connectivity index (χ2n) is 4.67. The number of thioether (sulfide) groups is 1. The van der Waals surface area contributed by atoms with Gasteiger partial charge in [-0.15, -0.1) is 0 Å². The van der Waals surface area contributed by atoms with E-state index in [0.717, 1.165) is 22.4 Å². The molecule has 2 N–H and O–H groups in total. The highest BCUT2D eigenvalue weighted by molar-refractivity contribution is 7.98. The van der Waals surface area contributed by atoms with Gasteiger partial charge in [-0.2, -0.15) is 11.8 Å². The summed E-state index contributed by atoms with van der Waals surface area (Å²) in [7, 11) is 1.87. The number of fused-ring (bicyclic) bond motifs is 1. The van der Waals surface area contributed by atoms with E-state index in [1.807, 2.05) is 30.1 Å². The number of nitrogens with zero attached hydrogens (tertiary/aromatic N) is 2. The second-order valence-corrected chi connectivity index (χ2v) is 6.64. The van der Waals surface area contributed by atoms with Crippen LogP contribution in [-0.4, -0.2) is 40.9 Å². The number of aromatic nitrogens is 1. The van der Waals surface area contributed by atoms with Crippen molar-refractivity contribution in [1.82, 2.24) is 9.88 Å². The third-order valence-electron chi connectivity index (χ3n) is 3.35. The van der Waals surface area contributed by atoms with Crippen LogP contribution in [0.2, 0.25) is 0 Å². The van der Waals surface area contributed by atoms with E-state index in [9.17, 15) is 4.79 Å². The molecule has 0 aliphatic rings. The molecule has 1 aromatic heterocycles. The minimum Gasteiger partial charge on any atom is -0.375 e. The van der Waals surface area contributed by atoms with Gasteiger partial charge in [0.05, 0.1) is 10.2 Å². The Bertz CT molecular complexity index is 611. The number of carbonyl (C=O) groups excluding carboxylic acids is 1. The fourth-order valence-electron chi connectivity index (χ4n) is 2.14. The number of anilines is 1. The summed E-state index contributed by atoms with van der Waals surface area (Å²) in [5.74, 6) is 1.01. The molecule has 1 amide bonds. The molecule has 0 spiro atoms. The monoisotopic (exact) mass is 309 g/mol. The Labute approximate surface area is 127 Å². The van der Waals surface area contributed by atoms with E-state index in [2.05, 4.69) is 18.2 Å². The predicted octanol–water partition coefficient (Wildman–Crippen LogP) is 3.09. The first-order valence-electron chi connectivity index (χ1n) is 6.49. The van der Waals surface area contributed by atoms with Crippen LogP contribution < -0.4 is 5.73 Å². The number of hydrogen-bond acceptors (Lipinski definition) is 5. The standard InChI is InChI=1S/C14H19N3OS2/c1-4-10(8-19-3)17(2)13(18)9-5-6-11-12(7-9)20-14(15)16-11/h5-7,10H,4,8H2,1-3H3,(H2,15,16). The van der Waals surface area contributed by atoms with Gasteiger partial charge in [0.15, 0.2) is 5.13 Å². The van der Waals surface area contributed by atoms with Gasteiger partial charge in [-0.05, 0) is 30.9 Å². The Morgan fingerprint density at radius 2 is 2.30 bits per heavy atom. The maximum atomic E-state index is 12.5. The Morgan fingerprint density at radius 3 is 2.95 bits per heavy atom. The molecule has 1 aromatic carbocycles. The number of rotatable bonds is 5. The average molecular weight is 309 g/mol. The van der Waals surface area contributed by atoms with Crippen LogP contribution in [0.5, 0.6) is 0 Å². The maximum Gasteiger partial charge on any atom is 0.253 e. The Kier molecular flexibility index (Phi) is 4.88. The summed E-state index contributed by atoms with van der Waals surface area (Å²) in [6, 6.07) is 5.83. The summed E-state index contributed by atoms with van der Waals surface area (Å²) in [5.41, 5.74) is 7.24. The Morgan fingerprint density at radius 1 is 1.55 bits per heavy atom. The maximum absolute atomic E-state index is 12.5. The zero-order chi connectivity index (χ0) is 14.7. The molecule has 2 rings (SSSR count).